The average molecular weight is 229 g/mol. The van der Waals surface area contributed by atoms with E-state index in [1.165, 1.54) is 12.1 Å². The van der Waals surface area contributed by atoms with Gasteiger partial charge in [0.2, 0.25) is 5.78 Å². The molecule has 1 heterocycles. The molecule has 0 bridgehead atoms. The number of aromatic nitrogens is 1. The van der Waals surface area contributed by atoms with Crippen molar-refractivity contribution in [3.63, 3.8) is 0 Å². The Morgan fingerprint density at radius 3 is 2.65 bits per heavy atom. The molecule has 0 aliphatic heterocycles. The van der Waals surface area contributed by atoms with Crippen molar-refractivity contribution in [1.82, 2.24) is 4.98 Å². The van der Waals surface area contributed by atoms with E-state index >= 15 is 0 Å². The summed E-state index contributed by atoms with van der Waals surface area (Å²) in [5, 5.41) is 0. The van der Waals surface area contributed by atoms with Crippen molar-refractivity contribution in [3.05, 3.63) is 64.7 Å². The SMILES string of the molecule is Cc1cc(F)cc(C(=O)c2ncccc2C)c1. The van der Waals surface area contributed by atoms with Crippen LogP contribution >= 0.6 is 0 Å². The van der Waals surface area contributed by atoms with E-state index in [0.29, 0.717) is 11.3 Å². The molecule has 0 aliphatic rings. The number of hydrogen-bond donors (Lipinski definition) is 0. The lowest BCUT2D eigenvalue weighted by Crippen LogP contribution is -2.07. The van der Waals surface area contributed by atoms with Crippen LogP contribution in [0.5, 0.6) is 0 Å². The smallest absolute Gasteiger partial charge is 0.211 e. The van der Waals surface area contributed by atoms with E-state index in [-0.39, 0.29) is 5.78 Å². The largest absolute Gasteiger partial charge is 0.287 e. The third-order valence-electron chi connectivity index (χ3n) is 2.53. The van der Waals surface area contributed by atoms with Gasteiger partial charge in [-0.05, 0) is 49.2 Å². The van der Waals surface area contributed by atoms with Crippen LogP contribution in [0.25, 0.3) is 0 Å². The zero-order valence-electron chi connectivity index (χ0n) is 9.70. The van der Waals surface area contributed by atoms with Crippen LogP contribution in [-0.2, 0) is 0 Å². The minimum Gasteiger partial charge on any atom is -0.287 e. The first-order chi connectivity index (χ1) is 8.08. The van der Waals surface area contributed by atoms with Crippen molar-refractivity contribution >= 4 is 5.78 Å². The van der Waals surface area contributed by atoms with Gasteiger partial charge in [-0.2, -0.15) is 0 Å². The van der Waals surface area contributed by atoms with Crippen LogP contribution in [0.4, 0.5) is 4.39 Å². The molecule has 2 rings (SSSR count). The van der Waals surface area contributed by atoms with Gasteiger partial charge in [-0.1, -0.05) is 6.07 Å². The summed E-state index contributed by atoms with van der Waals surface area (Å²) in [5.74, 6) is -0.646. The lowest BCUT2D eigenvalue weighted by Gasteiger charge is -2.04. The maximum atomic E-state index is 13.2. The maximum Gasteiger partial charge on any atom is 0.211 e. The fourth-order valence-electron chi connectivity index (χ4n) is 1.73. The Bertz CT molecular complexity index is 558. The van der Waals surface area contributed by atoms with Crippen molar-refractivity contribution in [1.29, 1.82) is 0 Å². The molecule has 0 fully saturated rings. The predicted octanol–water partition coefficient (Wildman–Crippen LogP) is 3.07. The minimum absolute atomic E-state index is 0.245. The summed E-state index contributed by atoms with van der Waals surface area (Å²) in [4.78, 5) is 16.2. The highest BCUT2D eigenvalue weighted by Crippen LogP contribution is 2.14. The first kappa shape index (κ1) is 11.5. The van der Waals surface area contributed by atoms with Gasteiger partial charge in [-0.3, -0.25) is 9.78 Å². The van der Waals surface area contributed by atoms with Gasteiger partial charge in [0.05, 0.1) is 0 Å². The Morgan fingerprint density at radius 1 is 1.24 bits per heavy atom. The molecular formula is C14H12FNO. The van der Waals surface area contributed by atoms with Crippen LogP contribution in [0.3, 0.4) is 0 Å². The lowest BCUT2D eigenvalue weighted by atomic mass is 10.0. The van der Waals surface area contributed by atoms with Gasteiger partial charge in [0, 0.05) is 11.8 Å². The highest BCUT2D eigenvalue weighted by molar-refractivity contribution is 6.08. The summed E-state index contributed by atoms with van der Waals surface area (Å²) in [6.45, 7) is 3.57. The molecule has 0 radical (unpaired) electrons. The van der Waals surface area contributed by atoms with E-state index in [4.69, 9.17) is 0 Å². The fraction of sp³-hybridized carbons (Fsp3) is 0.143. The Balaban J connectivity index is 2.48. The second-order valence-corrected chi connectivity index (χ2v) is 4.02. The molecule has 0 unspecified atom stereocenters. The van der Waals surface area contributed by atoms with Gasteiger partial charge in [-0.15, -0.1) is 0 Å². The summed E-state index contributed by atoms with van der Waals surface area (Å²) in [6.07, 6.45) is 1.56. The van der Waals surface area contributed by atoms with Crippen LogP contribution in [-0.4, -0.2) is 10.8 Å². The van der Waals surface area contributed by atoms with Crippen LogP contribution in [0, 0.1) is 19.7 Å². The molecule has 0 spiro atoms. The predicted molar refractivity (Wildman–Crippen MR) is 63.5 cm³/mol. The van der Waals surface area contributed by atoms with Crippen molar-refractivity contribution < 1.29 is 9.18 Å². The molecule has 2 nitrogen and oxygen atoms in total. The molecule has 0 atom stereocenters. The fourth-order valence-corrected chi connectivity index (χ4v) is 1.73. The third kappa shape index (κ3) is 2.38. The molecule has 17 heavy (non-hydrogen) atoms. The van der Waals surface area contributed by atoms with E-state index < -0.39 is 5.82 Å². The molecule has 0 N–H and O–H groups in total. The van der Waals surface area contributed by atoms with Gasteiger partial charge in [0.25, 0.3) is 0 Å². The number of carbonyl (C=O) groups excluding carboxylic acids is 1. The van der Waals surface area contributed by atoms with Crippen LogP contribution in [0.2, 0.25) is 0 Å². The van der Waals surface area contributed by atoms with Gasteiger partial charge in [0.15, 0.2) is 0 Å². The standard InChI is InChI=1S/C14H12FNO/c1-9-6-11(8-12(15)7-9)14(17)13-10(2)4-3-5-16-13/h3-8H,1-2H3. The van der Waals surface area contributed by atoms with Gasteiger partial charge < -0.3 is 0 Å². The molecule has 0 saturated heterocycles. The molecule has 86 valence electrons. The monoisotopic (exact) mass is 229 g/mol. The molecule has 1 aromatic carbocycles. The van der Waals surface area contributed by atoms with E-state index in [1.54, 1.807) is 25.3 Å². The second kappa shape index (κ2) is 4.45. The first-order valence-electron chi connectivity index (χ1n) is 5.31. The van der Waals surface area contributed by atoms with Crippen molar-refractivity contribution in [2.24, 2.45) is 0 Å². The van der Waals surface area contributed by atoms with E-state index in [0.717, 1.165) is 11.1 Å². The van der Waals surface area contributed by atoms with Crippen molar-refractivity contribution in [2.45, 2.75) is 13.8 Å². The Morgan fingerprint density at radius 2 is 2.00 bits per heavy atom. The highest BCUT2D eigenvalue weighted by atomic mass is 19.1. The molecular weight excluding hydrogens is 217 g/mol. The molecule has 3 heteroatoms. The first-order valence-corrected chi connectivity index (χ1v) is 5.31. The van der Waals surface area contributed by atoms with E-state index in [2.05, 4.69) is 4.98 Å². The molecule has 0 amide bonds. The molecule has 0 aliphatic carbocycles. The van der Waals surface area contributed by atoms with Gasteiger partial charge in [0.1, 0.15) is 11.5 Å². The number of rotatable bonds is 2. The van der Waals surface area contributed by atoms with Crippen LogP contribution in [0.1, 0.15) is 27.2 Å². The number of benzene rings is 1. The Labute approximate surface area is 99.1 Å². The molecule has 0 saturated carbocycles. The second-order valence-electron chi connectivity index (χ2n) is 4.02. The van der Waals surface area contributed by atoms with E-state index in [1.807, 2.05) is 13.0 Å². The number of ketones is 1. The number of nitrogens with zero attached hydrogens (tertiary/aromatic N) is 1. The van der Waals surface area contributed by atoms with Crippen LogP contribution in [0.15, 0.2) is 36.5 Å². The average Bonchev–Trinajstić information content (AvgIpc) is 2.27. The number of hydrogen-bond acceptors (Lipinski definition) is 2. The van der Waals surface area contributed by atoms with Gasteiger partial charge in [-0.25, -0.2) is 4.39 Å². The summed E-state index contributed by atoms with van der Waals surface area (Å²) in [5.41, 5.74) is 2.23. The summed E-state index contributed by atoms with van der Waals surface area (Å²) < 4.78 is 13.2. The number of pyridine rings is 1. The highest BCUT2D eigenvalue weighted by Gasteiger charge is 2.13. The van der Waals surface area contributed by atoms with E-state index in [9.17, 15) is 9.18 Å². The number of carbonyl (C=O) groups is 1. The quantitative estimate of drug-likeness (QED) is 0.741. The topological polar surface area (TPSA) is 30.0 Å². The van der Waals surface area contributed by atoms with Crippen LogP contribution < -0.4 is 0 Å². The van der Waals surface area contributed by atoms with Gasteiger partial charge >= 0.3 is 0 Å². The number of aryl methyl sites for hydroxylation is 2. The lowest BCUT2D eigenvalue weighted by molar-refractivity contribution is 0.103. The van der Waals surface area contributed by atoms with Crippen molar-refractivity contribution in [3.8, 4) is 0 Å². The van der Waals surface area contributed by atoms with Crippen molar-refractivity contribution in [2.75, 3.05) is 0 Å². The summed E-state index contributed by atoms with van der Waals surface area (Å²) >= 11 is 0. The summed E-state index contributed by atoms with van der Waals surface area (Å²) in [6, 6.07) is 7.88. The zero-order chi connectivity index (χ0) is 12.4. The Kier molecular flexibility index (Phi) is 3.00. The number of halogens is 1. The molecule has 1 aromatic heterocycles. The maximum absolute atomic E-state index is 13.2. The zero-order valence-corrected chi connectivity index (χ0v) is 9.70. The normalized spacial score (nSPS) is 10.3. The molecule has 2 aromatic rings. The Hall–Kier alpha value is -2.03. The summed E-state index contributed by atoms with van der Waals surface area (Å²) in [7, 11) is 0. The third-order valence-corrected chi connectivity index (χ3v) is 2.53. The minimum atomic E-state index is -0.401.